The van der Waals surface area contributed by atoms with E-state index >= 15 is 0 Å². The first-order valence-corrected chi connectivity index (χ1v) is 16.3. The molecule has 0 aromatic carbocycles. The number of aromatic nitrogens is 6. The number of amides is 2. The van der Waals surface area contributed by atoms with Crippen LogP contribution in [-0.2, 0) is 23.2 Å². The molecule has 3 saturated heterocycles. The second-order valence-electron chi connectivity index (χ2n) is 12.9. The number of hydrogen-bond donors (Lipinski definition) is 0. The molecule has 3 fully saturated rings. The van der Waals surface area contributed by atoms with Crippen LogP contribution in [0, 0.1) is 5.41 Å². The second kappa shape index (κ2) is 12.1. The van der Waals surface area contributed by atoms with Gasteiger partial charge < -0.3 is 14.5 Å². The van der Waals surface area contributed by atoms with E-state index in [-0.39, 0.29) is 11.8 Å². The van der Waals surface area contributed by atoms with Crippen molar-refractivity contribution in [1.82, 2.24) is 39.5 Å². The van der Waals surface area contributed by atoms with Gasteiger partial charge in [0.2, 0.25) is 17.7 Å². The Morgan fingerprint density at radius 1 is 0.896 bits per heavy atom. The summed E-state index contributed by atoms with van der Waals surface area (Å²) in [5.74, 6) is 2.92. The SMILES string of the molecule is COc1ccc(C2=NCc3ccc(N4CC[C@]5(CCN(CC(=O)N6CCN(c7ccc(-c8ncn(C)n8)cn7)CC6)C5)C4=O)nc32)cn1. The van der Waals surface area contributed by atoms with Gasteiger partial charge in [-0.25, -0.2) is 19.9 Å². The third-order valence-corrected chi connectivity index (χ3v) is 9.96. The average molecular weight is 648 g/mol. The molecule has 4 aliphatic heterocycles. The van der Waals surface area contributed by atoms with Crippen molar-refractivity contribution in [3.05, 3.63) is 71.9 Å². The van der Waals surface area contributed by atoms with Crippen molar-refractivity contribution in [2.75, 3.05) is 69.3 Å². The largest absolute Gasteiger partial charge is 0.481 e. The Kier molecular flexibility index (Phi) is 7.58. The number of carbonyl (C=O) groups excluding carboxylic acids is 2. The summed E-state index contributed by atoms with van der Waals surface area (Å²) in [4.78, 5) is 58.3. The fraction of sp³-hybridized carbons (Fsp3) is 0.412. The zero-order valence-corrected chi connectivity index (χ0v) is 27.1. The molecule has 4 aromatic heterocycles. The summed E-state index contributed by atoms with van der Waals surface area (Å²) in [6, 6.07) is 11.7. The first-order valence-electron chi connectivity index (χ1n) is 16.3. The van der Waals surface area contributed by atoms with Crippen molar-refractivity contribution in [3.8, 4) is 17.3 Å². The summed E-state index contributed by atoms with van der Waals surface area (Å²) < 4.78 is 6.87. The maximum absolute atomic E-state index is 13.9. The van der Waals surface area contributed by atoms with Crippen LogP contribution < -0.4 is 14.5 Å². The van der Waals surface area contributed by atoms with Gasteiger partial charge in [0.15, 0.2) is 5.82 Å². The lowest BCUT2D eigenvalue weighted by atomic mass is 9.85. The van der Waals surface area contributed by atoms with Crippen LogP contribution in [0.3, 0.4) is 0 Å². The van der Waals surface area contributed by atoms with E-state index in [0.717, 1.165) is 53.3 Å². The molecule has 4 aliphatic rings. The lowest BCUT2D eigenvalue weighted by Crippen LogP contribution is -2.51. The fourth-order valence-electron chi connectivity index (χ4n) is 7.23. The van der Waals surface area contributed by atoms with Gasteiger partial charge in [0.05, 0.1) is 37.0 Å². The van der Waals surface area contributed by atoms with Crippen LogP contribution >= 0.6 is 0 Å². The van der Waals surface area contributed by atoms with Crippen LogP contribution in [0.15, 0.2) is 60.1 Å². The number of rotatable bonds is 7. The number of methoxy groups -OCH3 is 1. The molecule has 0 saturated carbocycles. The summed E-state index contributed by atoms with van der Waals surface area (Å²) in [7, 11) is 3.43. The first-order chi connectivity index (χ1) is 23.4. The van der Waals surface area contributed by atoms with Crippen LogP contribution in [0.25, 0.3) is 11.4 Å². The highest BCUT2D eigenvalue weighted by Gasteiger charge is 2.51. The Hall–Kier alpha value is -5.24. The third kappa shape index (κ3) is 5.45. The number of fused-ring (bicyclic) bond motifs is 1. The van der Waals surface area contributed by atoms with Gasteiger partial charge >= 0.3 is 0 Å². The molecule has 48 heavy (non-hydrogen) atoms. The van der Waals surface area contributed by atoms with Gasteiger partial charge in [-0.3, -0.25) is 29.1 Å². The molecule has 8 heterocycles. The molecular weight excluding hydrogens is 610 g/mol. The van der Waals surface area contributed by atoms with Crippen LogP contribution in [0.1, 0.15) is 29.7 Å². The van der Waals surface area contributed by atoms with Crippen LogP contribution in [0.2, 0.25) is 0 Å². The molecule has 0 N–H and O–H groups in total. The summed E-state index contributed by atoms with van der Waals surface area (Å²) in [5.41, 5.74) is 3.85. The standard InChI is InChI=1S/C34H37N11O3/c1-41-22-38-32(40-41)25-4-6-26(35-19-25)43-13-15-44(16-14-43)29(46)20-42-11-9-34(21-42)10-12-45(33(34)47)27-7-3-24-18-37-30(31(24)39-27)23-5-8-28(48-2)36-17-23/h3-8,17,19,22H,9-16,18,20-21H2,1-2H3/t34-/m0/s1. The topological polar surface area (TPSA) is 138 Å². The average Bonchev–Trinajstić information content (AvgIpc) is 3.92. The quantitative estimate of drug-likeness (QED) is 0.292. The normalized spacial score (nSPS) is 20.9. The van der Waals surface area contributed by atoms with Crippen LogP contribution in [-0.4, -0.2) is 117 Å². The maximum atomic E-state index is 13.9. The zero-order chi connectivity index (χ0) is 32.8. The Balaban J connectivity index is 0.862. The van der Waals surface area contributed by atoms with E-state index in [1.807, 2.05) is 53.2 Å². The molecule has 246 valence electrons. The highest BCUT2D eigenvalue weighted by Crippen LogP contribution is 2.42. The number of anilines is 2. The Labute approximate surface area is 278 Å². The predicted molar refractivity (Wildman–Crippen MR) is 178 cm³/mol. The molecular formula is C34H37N11O3. The Bertz CT molecular complexity index is 1880. The number of piperazine rings is 1. The van der Waals surface area contributed by atoms with Crippen molar-refractivity contribution in [2.24, 2.45) is 17.5 Å². The van der Waals surface area contributed by atoms with Gasteiger partial charge in [-0.05, 0) is 43.7 Å². The summed E-state index contributed by atoms with van der Waals surface area (Å²) in [5, 5.41) is 4.34. The Morgan fingerprint density at radius 2 is 1.69 bits per heavy atom. The smallest absolute Gasteiger partial charge is 0.236 e. The van der Waals surface area contributed by atoms with Crippen molar-refractivity contribution < 1.29 is 14.3 Å². The first kappa shape index (κ1) is 30.1. The lowest BCUT2D eigenvalue weighted by molar-refractivity contribution is -0.133. The lowest BCUT2D eigenvalue weighted by Gasteiger charge is -2.36. The van der Waals surface area contributed by atoms with E-state index in [2.05, 4.69) is 29.9 Å². The molecule has 14 heteroatoms. The maximum Gasteiger partial charge on any atom is 0.236 e. The highest BCUT2D eigenvalue weighted by atomic mass is 16.5. The molecule has 1 atom stereocenters. The van der Waals surface area contributed by atoms with Crippen molar-refractivity contribution in [1.29, 1.82) is 0 Å². The number of aliphatic imine (C=N–C) groups is 1. The third-order valence-electron chi connectivity index (χ3n) is 9.96. The van der Waals surface area contributed by atoms with E-state index in [0.29, 0.717) is 69.9 Å². The summed E-state index contributed by atoms with van der Waals surface area (Å²) in [6.07, 6.45) is 6.70. The molecule has 0 radical (unpaired) electrons. The van der Waals surface area contributed by atoms with Crippen molar-refractivity contribution in [3.63, 3.8) is 0 Å². The van der Waals surface area contributed by atoms with Gasteiger partial charge in [-0.1, -0.05) is 6.07 Å². The minimum Gasteiger partial charge on any atom is -0.481 e. The molecule has 4 aromatic rings. The number of pyridine rings is 3. The second-order valence-corrected chi connectivity index (χ2v) is 12.9. The van der Waals surface area contributed by atoms with Crippen molar-refractivity contribution >= 4 is 29.2 Å². The highest BCUT2D eigenvalue weighted by molar-refractivity contribution is 6.14. The van der Waals surface area contributed by atoms with Gasteiger partial charge in [-0.15, -0.1) is 0 Å². The minimum atomic E-state index is -0.487. The minimum absolute atomic E-state index is 0.0958. The van der Waals surface area contributed by atoms with Crippen molar-refractivity contribution in [2.45, 2.75) is 19.4 Å². The predicted octanol–water partition coefficient (Wildman–Crippen LogP) is 1.80. The van der Waals surface area contributed by atoms with E-state index in [9.17, 15) is 9.59 Å². The molecule has 0 unspecified atom stereocenters. The number of aryl methyl sites for hydroxylation is 1. The molecule has 0 aliphatic carbocycles. The summed E-state index contributed by atoms with van der Waals surface area (Å²) >= 11 is 0. The molecule has 8 rings (SSSR count). The molecule has 2 amide bonds. The number of nitrogens with zero attached hydrogens (tertiary/aromatic N) is 11. The van der Waals surface area contributed by atoms with Gasteiger partial charge in [-0.2, -0.15) is 5.10 Å². The zero-order valence-electron chi connectivity index (χ0n) is 27.1. The summed E-state index contributed by atoms with van der Waals surface area (Å²) in [6.45, 7) is 5.50. The van der Waals surface area contributed by atoms with E-state index in [1.54, 1.807) is 30.5 Å². The molecule has 1 spiro atoms. The van der Waals surface area contributed by atoms with Crippen LogP contribution in [0.4, 0.5) is 11.6 Å². The number of carbonyl (C=O) groups is 2. The van der Waals surface area contributed by atoms with Crippen LogP contribution in [0.5, 0.6) is 5.88 Å². The van der Waals surface area contributed by atoms with E-state index in [1.165, 1.54) is 0 Å². The molecule has 0 bridgehead atoms. The monoisotopic (exact) mass is 647 g/mol. The van der Waals surface area contributed by atoms with Gasteiger partial charge in [0.25, 0.3) is 0 Å². The fourth-order valence-corrected chi connectivity index (χ4v) is 7.23. The Morgan fingerprint density at radius 3 is 2.42 bits per heavy atom. The number of ether oxygens (including phenoxy) is 1. The van der Waals surface area contributed by atoms with E-state index in [4.69, 9.17) is 14.7 Å². The van der Waals surface area contributed by atoms with Gasteiger partial charge in [0.1, 0.15) is 18.0 Å². The number of hydrogen-bond acceptors (Lipinski definition) is 11. The molecule has 14 nitrogen and oxygen atoms in total. The number of likely N-dealkylation sites (tertiary alicyclic amines) is 1. The van der Waals surface area contributed by atoms with E-state index < -0.39 is 5.41 Å². The van der Waals surface area contributed by atoms with Gasteiger partial charge in [0, 0.05) is 81.5 Å².